The lowest BCUT2D eigenvalue weighted by molar-refractivity contribution is 0.632. The lowest BCUT2D eigenvalue weighted by atomic mass is 9.60. The van der Waals surface area contributed by atoms with E-state index in [-0.39, 0.29) is 19.4 Å². The maximum atomic E-state index is 9.79. The van der Waals surface area contributed by atoms with Gasteiger partial charge in [-0.25, -0.2) is 0 Å². The second-order valence-electron chi connectivity index (χ2n) is 15.7. The molecule has 60 heavy (non-hydrogen) atoms. The molecule has 3 aromatic heterocycles. The van der Waals surface area contributed by atoms with Crippen LogP contribution in [0.3, 0.4) is 0 Å². The van der Waals surface area contributed by atoms with Gasteiger partial charge < -0.3 is 19.2 Å². The average Bonchev–Trinajstić information content (AvgIpc) is 4.02. The van der Waals surface area contributed by atoms with Crippen LogP contribution >= 0.6 is 11.3 Å². The second kappa shape index (κ2) is 13.8. The highest BCUT2D eigenvalue weighted by molar-refractivity contribution is 7.25. The summed E-state index contributed by atoms with van der Waals surface area (Å²) >= 11 is 1.80. The van der Waals surface area contributed by atoms with E-state index in [1.165, 1.54) is 37.6 Å². The van der Waals surface area contributed by atoms with Crippen molar-refractivity contribution in [1.29, 1.82) is 10.5 Å². The van der Waals surface area contributed by atoms with Crippen LogP contribution < -0.4 is 30.2 Å². The van der Waals surface area contributed by atoms with Crippen LogP contribution in [-0.4, -0.2) is 23.9 Å². The zero-order chi connectivity index (χ0) is 40.5. The first-order chi connectivity index (χ1) is 29.5. The van der Waals surface area contributed by atoms with Crippen molar-refractivity contribution in [3.8, 4) is 12.1 Å². The van der Waals surface area contributed by atoms with Gasteiger partial charge in [0.25, 0.3) is 0 Å². The Labute approximate surface area is 353 Å². The van der Waals surface area contributed by atoms with Gasteiger partial charge >= 0.3 is 14.0 Å². The van der Waals surface area contributed by atoms with Crippen molar-refractivity contribution in [3.05, 3.63) is 198 Å². The number of anilines is 6. The molecule has 0 radical (unpaired) electrons. The third-order valence-corrected chi connectivity index (χ3v) is 13.3. The van der Waals surface area contributed by atoms with Crippen LogP contribution in [-0.2, 0) is 5.41 Å². The van der Waals surface area contributed by atoms with Crippen molar-refractivity contribution in [2.24, 2.45) is 0 Å². The van der Waals surface area contributed by atoms with E-state index < -0.39 is 0 Å². The van der Waals surface area contributed by atoms with Gasteiger partial charge in [-0.3, -0.25) is 9.97 Å². The highest BCUT2D eigenvalue weighted by atomic mass is 32.1. The molecule has 0 saturated carbocycles. The molecule has 8 nitrogen and oxygen atoms in total. The summed E-state index contributed by atoms with van der Waals surface area (Å²) in [7, 11) is 0. The first-order valence-corrected chi connectivity index (χ1v) is 20.7. The summed E-state index contributed by atoms with van der Waals surface area (Å²) in [5.41, 5.74) is 13.1. The molecule has 0 saturated heterocycles. The minimum absolute atomic E-state index is 0.212. The number of nitriles is 2. The summed E-state index contributed by atoms with van der Waals surface area (Å²) in [6, 6.07) is 55.2. The van der Waals surface area contributed by atoms with Crippen LogP contribution in [0.5, 0.6) is 0 Å². The van der Waals surface area contributed by atoms with Crippen LogP contribution in [0.15, 0.2) is 176 Å². The fourth-order valence-corrected chi connectivity index (χ4v) is 10.7. The predicted octanol–water partition coefficient (Wildman–Crippen LogP) is 9.50. The molecule has 0 atom stereocenters. The molecule has 5 heterocycles. The Balaban J connectivity index is 1.11. The number of hydrogen-bond donors (Lipinski definition) is 0. The fraction of sp³-hybridized carbons (Fsp3) is 0.0612. The molecule has 282 valence electrons. The van der Waals surface area contributed by atoms with E-state index in [0.29, 0.717) is 11.1 Å². The van der Waals surface area contributed by atoms with Crippen molar-refractivity contribution in [1.82, 2.24) is 9.97 Å². The summed E-state index contributed by atoms with van der Waals surface area (Å²) in [5, 5.41) is 21.9. The van der Waals surface area contributed by atoms with Crippen LogP contribution in [0, 0.1) is 22.7 Å². The van der Waals surface area contributed by atoms with E-state index in [1.54, 1.807) is 11.3 Å². The first kappa shape index (κ1) is 35.6. The molecular weight excluding hydrogens is 754 g/mol. The Hall–Kier alpha value is -7.59. The maximum Gasteiger partial charge on any atom is 0.421 e. The minimum Gasteiger partial charge on any atom is -0.363 e. The summed E-state index contributed by atoms with van der Waals surface area (Å²) < 4.78 is 1.23. The van der Waals surface area contributed by atoms with E-state index >= 15 is 0 Å². The standard InChI is InChI=1S/C49H34B2N8S/c1-49(2)43-9-5-3-7-41(43)45-47(49)58(38-21-13-34(32-53)14-22-38)50(56(45)37-19-11-33(31-52)12-20-37)35-15-17-36(18-16-35)51-57(39-23-27-54-28-24-39)46-42-8-4-6-10-44(42)60-48(46)59(51)40-25-29-55-30-26-40/h3-30H,1-2H3. The molecule has 11 heteroatoms. The van der Waals surface area contributed by atoms with Crippen molar-refractivity contribution >= 4 is 85.4 Å². The summed E-state index contributed by atoms with van der Waals surface area (Å²) in [6.07, 6.45) is 7.44. The quantitative estimate of drug-likeness (QED) is 0.154. The molecule has 3 aliphatic rings. The van der Waals surface area contributed by atoms with E-state index in [9.17, 15) is 10.5 Å². The number of thiophene rings is 1. The molecule has 0 unspecified atom stereocenters. The highest BCUT2D eigenvalue weighted by Gasteiger charge is 2.54. The van der Waals surface area contributed by atoms with Gasteiger partial charge in [0.1, 0.15) is 5.00 Å². The number of fused-ring (bicyclic) bond motifs is 5. The highest BCUT2D eigenvalue weighted by Crippen LogP contribution is 2.56. The molecule has 0 N–H and O–H groups in total. The fourth-order valence-electron chi connectivity index (χ4n) is 9.48. The van der Waals surface area contributed by atoms with Crippen LogP contribution in [0.2, 0.25) is 0 Å². The zero-order valence-corrected chi connectivity index (χ0v) is 33.6. The zero-order valence-electron chi connectivity index (χ0n) is 32.8. The third-order valence-electron chi connectivity index (χ3n) is 12.1. The topological polar surface area (TPSA) is 86.3 Å². The Morgan fingerprint density at radius 2 is 1.03 bits per heavy atom. The van der Waals surface area contributed by atoms with E-state index in [2.05, 4.69) is 177 Å². The number of benzene rings is 5. The SMILES string of the molecule is CC1(C)C2=C(c3ccccc31)N(c1ccc(C#N)cc1)B(c1ccc(B3N(c4ccncc4)c4sc5ccccc5c4N3c3ccncc3)cc1)N2c1ccc(C#N)cc1. The predicted molar refractivity (Wildman–Crippen MR) is 245 cm³/mol. The van der Waals surface area contributed by atoms with Gasteiger partial charge in [0.05, 0.1) is 34.6 Å². The number of rotatable bonds is 6. The lowest BCUT2D eigenvalue weighted by Crippen LogP contribution is -2.57. The molecule has 0 amide bonds. The second-order valence-corrected chi connectivity index (χ2v) is 16.8. The molecule has 0 fully saturated rings. The molecule has 5 aromatic carbocycles. The summed E-state index contributed by atoms with van der Waals surface area (Å²) in [4.78, 5) is 18.6. The Morgan fingerprint density at radius 1 is 0.533 bits per heavy atom. The molecule has 0 bridgehead atoms. The Bertz CT molecular complexity index is 3070. The molecule has 0 spiro atoms. The van der Waals surface area contributed by atoms with Gasteiger partial charge in [-0.15, -0.1) is 11.3 Å². The van der Waals surface area contributed by atoms with E-state index in [4.69, 9.17) is 0 Å². The van der Waals surface area contributed by atoms with Crippen molar-refractivity contribution < 1.29 is 0 Å². The normalized spacial score (nSPS) is 15.0. The maximum absolute atomic E-state index is 9.79. The van der Waals surface area contributed by atoms with Crippen molar-refractivity contribution in [2.75, 3.05) is 19.2 Å². The number of allylic oxidation sites excluding steroid dienone is 1. The molecular formula is C49H34B2N8S. The monoisotopic (exact) mass is 788 g/mol. The minimum atomic E-state index is -0.348. The van der Waals surface area contributed by atoms with Gasteiger partial charge in [-0.2, -0.15) is 10.5 Å². The van der Waals surface area contributed by atoms with Crippen LogP contribution in [0.25, 0.3) is 15.8 Å². The number of nitrogens with zero attached hydrogens (tertiary/aromatic N) is 8. The molecule has 8 aromatic rings. The molecule has 1 aliphatic carbocycles. The van der Waals surface area contributed by atoms with Gasteiger partial charge in [0, 0.05) is 74.3 Å². The van der Waals surface area contributed by atoms with Gasteiger partial charge in [-0.05, 0) is 95.4 Å². The Kier molecular flexibility index (Phi) is 8.16. The Morgan fingerprint density at radius 3 is 1.63 bits per heavy atom. The van der Waals surface area contributed by atoms with Gasteiger partial charge in [-0.1, -0.05) is 80.6 Å². The lowest BCUT2D eigenvalue weighted by Gasteiger charge is -2.38. The van der Waals surface area contributed by atoms with Gasteiger partial charge in [0.15, 0.2) is 0 Å². The van der Waals surface area contributed by atoms with Crippen LogP contribution in [0.1, 0.15) is 36.1 Å². The van der Waals surface area contributed by atoms with Crippen LogP contribution in [0.4, 0.5) is 33.4 Å². The van der Waals surface area contributed by atoms with Crippen molar-refractivity contribution in [3.63, 3.8) is 0 Å². The molecule has 2 aliphatic heterocycles. The smallest absolute Gasteiger partial charge is 0.363 e. The average molecular weight is 789 g/mol. The third kappa shape index (κ3) is 5.30. The number of hydrogen-bond acceptors (Lipinski definition) is 9. The van der Waals surface area contributed by atoms with Gasteiger partial charge in [0.2, 0.25) is 0 Å². The number of aromatic nitrogens is 2. The molecule has 11 rings (SSSR count). The largest absolute Gasteiger partial charge is 0.421 e. The summed E-state index contributed by atoms with van der Waals surface area (Å²) in [6.45, 7) is 4.10. The first-order valence-electron chi connectivity index (χ1n) is 19.9. The summed E-state index contributed by atoms with van der Waals surface area (Å²) in [5.74, 6) is 0. The number of pyridine rings is 2. The van der Waals surface area contributed by atoms with Crippen molar-refractivity contribution in [2.45, 2.75) is 19.3 Å². The van der Waals surface area contributed by atoms with E-state index in [1.807, 2.05) is 49.1 Å². The van der Waals surface area contributed by atoms with E-state index in [0.717, 1.165) is 39.4 Å².